The van der Waals surface area contributed by atoms with Crippen molar-refractivity contribution < 1.29 is 13.6 Å². The molecule has 1 heterocycles. The average Bonchev–Trinajstić information content (AvgIpc) is 2.35. The third-order valence-electron chi connectivity index (χ3n) is 3.28. The van der Waals surface area contributed by atoms with Crippen molar-refractivity contribution in [3.05, 3.63) is 12.8 Å². The highest BCUT2D eigenvalue weighted by Gasteiger charge is 2.34. The van der Waals surface area contributed by atoms with E-state index < -0.39 is 8.56 Å². The van der Waals surface area contributed by atoms with Gasteiger partial charge in [0.25, 0.3) is 0 Å². The minimum atomic E-state index is -2.00. The van der Waals surface area contributed by atoms with E-state index in [1.807, 2.05) is 6.20 Å². The zero-order chi connectivity index (χ0) is 13.4. The summed E-state index contributed by atoms with van der Waals surface area (Å²) in [6, 6.07) is 1.00. The second-order valence-corrected chi connectivity index (χ2v) is 8.35. The normalized spacial score (nSPS) is 29.4. The van der Waals surface area contributed by atoms with Gasteiger partial charge in [0.15, 0.2) is 0 Å². The summed E-state index contributed by atoms with van der Waals surface area (Å²) in [5.41, 5.74) is 0. The van der Waals surface area contributed by atoms with Gasteiger partial charge in [-0.1, -0.05) is 13.5 Å². The third kappa shape index (κ3) is 5.10. The molecule has 2 unspecified atom stereocenters. The van der Waals surface area contributed by atoms with Crippen LogP contribution in [0.25, 0.3) is 0 Å². The van der Waals surface area contributed by atoms with Gasteiger partial charge < -0.3 is 18.5 Å². The lowest BCUT2D eigenvalue weighted by atomic mass is 10.3. The topological polar surface area (TPSA) is 30.9 Å². The number of ether oxygens (including phenoxy) is 1. The van der Waals surface area contributed by atoms with Gasteiger partial charge in [-0.15, -0.1) is 0 Å². The summed E-state index contributed by atoms with van der Waals surface area (Å²) in [7, 11) is -0.233. The molecule has 0 radical (unpaired) electrons. The van der Waals surface area contributed by atoms with Crippen LogP contribution in [0.15, 0.2) is 12.8 Å². The first kappa shape index (κ1) is 15.7. The molecular formula is C13H27NO3Si. The molecule has 0 bridgehead atoms. The van der Waals surface area contributed by atoms with Crippen molar-refractivity contribution in [1.82, 2.24) is 4.90 Å². The van der Waals surface area contributed by atoms with E-state index in [-0.39, 0.29) is 6.10 Å². The van der Waals surface area contributed by atoms with Crippen molar-refractivity contribution >= 4 is 8.56 Å². The molecule has 1 aliphatic rings. The number of hydrogen-bond donors (Lipinski definition) is 0. The van der Waals surface area contributed by atoms with Gasteiger partial charge in [-0.3, -0.25) is 0 Å². The van der Waals surface area contributed by atoms with Crippen LogP contribution in [0.4, 0.5) is 0 Å². The molecule has 1 aliphatic heterocycles. The third-order valence-corrected chi connectivity index (χ3v) is 6.24. The second kappa shape index (κ2) is 7.94. The predicted octanol–water partition coefficient (Wildman–Crippen LogP) is 2.37. The lowest BCUT2D eigenvalue weighted by Crippen LogP contribution is -2.47. The second-order valence-electron chi connectivity index (χ2n) is 4.93. The Morgan fingerprint density at radius 2 is 2.33 bits per heavy atom. The fourth-order valence-electron chi connectivity index (χ4n) is 2.20. The minimum absolute atomic E-state index is 0.0893. The minimum Gasteiger partial charge on any atom is -0.398 e. The molecule has 2 atom stereocenters. The molecule has 106 valence electrons. The Labute approximate surface area is 112 Å². The van der Waals surface area contributed by atoms with Crippen LogP contribution in [-0.4, -0.2) is 53.0 Å². The molecule has 0 spiro atoms. The number of hydrogen-bond acceptors (Lipinski definition) is 4. The van der Waals surface area contributed by atoms with Crippen molar-refractivity contribution in [2.75, 3.05) is 33.4 Å². The Hall–Kier alpha value is -0.363. The molecule has 5 heteroatoms. The average molecular weight is 273 g/mol. The first-order chi connectivity index (χ1) is 8.63. The van der Waals surface area contributed by atoms with Crippen LogP contribution in [0, 0.1) is 0 Å². The highest BCUT2D eigenvalue weighted by Crippen LogP contribution is 2.20. The summed E-state index contributed by atoms with van der Waals surface area (Å²) in [6.45, 7) is 11.5. The van der Waals surface area contributed by atoms with Crippen LogP contribution < -0.4 is 0 Å². The van der Waals surface area contributed by atoms with E-state index in [9.17, 15) is 0 Å². The lowest BCUT2D eigenvalue weighted by molar-refractivity contribution is 0.00666. The molecule has 1 saturated heterocycles. The van der Waals surface area contributed by atoms with Gasteiger partial charge in [-0.25, -0.2) is 0 Å². The van der Waals surface area contributed by atoms with Gasteiger partial charge in [-0.2, -0.15) is 0 Å². The van der Waals surface area contributed by atoms with E-state index in [4.69, 9.17) is 13.6 Å². The van der Waals surface area contributed by atoms with Crippen molar-refractivity contribution in [3.8, 4) is 0 Å². The van der Waals surface area contributed by atoms with Gasteiger partial charge in [-0.05, 0) is 31.6 Å². The zero-order valence-electron chi connectivity index (χ0n) is 12.0. The van der Waals surface area contributed by atoms with Gasteiger partial charge in [0, 0.05) is 26.8 Å². The molecule has 0 aliphatic carbocycles. The molecule has 0 aromatic rings. The van der Waals surface area contributed by atoms with Gasteiger partial charge in [0.05, 0.1) is 12.7 Å². The molecule has 0 aromatic heterocycles. The summed E-state index contributed by atoms with van der Waals surface area (Å²) in [5.74, 6) is 0. The Bertz CT molecular complexity index is 252. The van der Waals surface area contributed by atoms with Crippen molar-refractivity contribution in [1.29, 1.82) is 0 Å². The first-order valence-corrected chi connectivity index (χ1v) is 9.33. The summed E-state index contributed by atoms with van der Waals surface area (Å²) < 4.78 is 17.5. The van der Waals surface area contributed by atoms with E-state index in [0.717, 1.165) is 38.6 Å². The monoisotopic (exact) mass is 273 g/mol. The quantitative estimate of drug-likeness (QED) is 0.695. The maximum Gasteiger partial charge on any atom is 0.335 e. The van der Waals surface area contributed by atoms with Crippen molar-refractivity contribution in [2.24, 2.45) is 0 Å². The molecule has 18 heavy (non-hydrogen) atoms. The smallest absolute Gasteiger partial charge is 0.335 e. The summed E-state index contributed by atoms with van der Waals surface area (Å²) >= 11 is 0. The van der Waals surface area contributed by atoms with E-state index >= 15 is 0 Å². The fraction of sp³-hybridized carbons (Fsp3) is 0.846. The van der Waals surface area contributed by atoms with Crippen LogP contribution in [0.3, 0.4) is 0 Å². The Kier molecular flexibility index (Phi) is 6.92. The standard InChI is InChI=1S/C13H27NO3Si/c1-5-8-14(6-2)11-13-12-16-9-7-10-18(4,15-3)17-13/h6,13H,2,5,7-12H2,1,3-4H3. The predicted molar refractivity (Wildman–Crippen MR) is 75.8 cm³/mol. The van der Waals surface area contributed by atoms with Crippen molar-refractivity contribution in [2.45, 2.75) is 38.5 Å². The van der Waals surface area contributed by atoms with E-state index in [0.29, 0.717) is 6.61 Å². The number of rotatable bonds is 6. The Morgan fingerprint density at radius 3 is 2.94 bits per heavy atom. The van der Waals surface area contributed by atoms with Crippen LogP contribution in [0.2, 0.25) is 12.6 Å². The van der Waals surface area contributed by atoms with Gasteiger partial charge in [0.1, 0.15) is 0 Å². The van der Waals surface area contributed by atoms with Crippen LogP contribution in [0.1, 0.15) is 19.8 Å². The molecule has 0 N–H and O–H groups in total. The van der Waals surface area contributed by atoms with Gasteiger partial charge in [0.2, 0.25) is 0 Å². The highest BCUT2D eigenvalue weighted by molar-refractivity contribution is 6.66. The Morgan fingerprint density at radius 1 is 1.56 bits per heavy atom. The summed E-state index contributed by atoms with van der Waals surface area (Å²) in [6.07, 6.45) is 4.12. The van der Waals surface area contributed by atoms with Crippen molar-refractivity contribution in [3.63, 3.8) is 0 Å². The lowest BCUT2D eigenvalue weighted by Gasteiger charge is -2.35. The highest BCUT2D eigenvalue weighted by atomic mass is 28.4. The largest absolute Gasteiger partial charge is 0.398 e. The maximum atomic E-state index is 6.21. The zero-order valence-corrected chi connectivity index (χ0v) is 13.0. The summed E-state index contributed by atoms with van der Waals surface area (Å²) in [4.78, 5) is 2.19. The molecule has 0 saturated carbocycles. The molecular weight excluding hydrogens is 246 g/mol. The van der Waals surface area contributed by atoms with E-state index in [1.165, 1.54) is 0 Å². The maximum absolute atomic E-state index is 6.21. The van der Waals surface area contributed by atoms with E-state index in [1.54, 1.807) is 7.11 Å². The first-order valence-electron chi connectivity index (χ1n) is 6.81. The molecule has 1 fully saturated rings. The molecule has 0 aromatic carbocycles. The van der Waals surface area contributed by atoms with Crippen LogP contribution in [-0.2, 0) is 13.6 Å². The molecule has 0 amide bonds. The van der Waals surface area contributed by atoms with Crippen LogP contribution >= 0.6 is 0 Å². The number of nitrogens with zero attached hydrogens (tertiary/aromatic N) is 1. The Balaban J connectivity index is 2.57. The SMILES string of the molecule is C=CN(CCC)CC1COCCC[Si](C)(OC)O1. The molecule has 4 nitrogen and oxygen atoms in total. The van der Waals surface area contributed by atoms with Crippen LogP contribution in [0.5, 0.6) is 0 Å². The molecule has 1 rings (SSSR count). The van der Waals surface area contributed by atoms with Gasteiger partial charge >= 0.3 is 8.56 Å². The van der Waals surface area contributed by atoms with E-state index in [2.05, 4.69) is 24.9 Å². The fourth-order valence-corrected chi connectivity index (χ4v) is 4.25. The summed E-state index contributed by atoms with van der Waals surface area (Å²) in [5, 5.41) is 0.